The second-order valence-corrected chi connectivity index (χ2v) is 3.43. The lowest BCUT2D eigenvalue weighted by Crippen LogP contribution is -1.91. The molecule has 2 nitrogen and oxygen atoms in total. The van der Waals surface area contributed by atoms with E-state index in [0.29, 0.717) is 5.92 Å². The maximum absolute atomic E-state index is 12.9. The molecule has 0 spiro atoms. The molecule has 0 atom stereocenters. The Hall–Kier alpha value is -1.38. The Morgan fingerprint density at radius 1 is 1.46 bits per heavy atom. The van der Waals surface area contributed by atoms with Gasteiger partial charge >= 0.3 is 0 Å². The predicted octanol–water partition coefficient (Wildman–Crippen LogP) is 2.83. The highest BCUT2D eigenvalue weighted by Gasteiger charge is 2.08. The van der Waals surface area contributed by atoms with E-state index in [4.69, 9.17) is 0 Å². The molecule has 0 amide bonds. The zero-order chi connectivity index (χ0) is 9.42. The first-order chi connectivity index (χ1) is 6.18. The second-order valence-electron chi connectivity index (χ2n) is 3.43. The molecule has 3 heteroatoms. The first-order valence-corrected chi connectivity index (χ1v) is 4.31. The highest BCUT2D eigenvalue weighted by atomic mass is 19.1. The van der Waals surface area contributed by atoms with Crippen LogP contribution in [-0.2, 0) is 0 Å². The highest BCUT2D eigenvalue weighted by Crippen LogP contribution is 2.23. The van der Waals surface area contributed by atoms with Gasteiger partial charge in [-0.15, -0.1) is 0 Å². The Morgan fingerprint density at radius 2 is 2.23 bits per heavy atom. The maximum atomic E-state index is 12.9. The number of pyridine rings is 1. The van der Waals surface area contributed by atoms with Gasteiger partial charge in [-0.25, -0.2) is 0 Å². The molecule has 13 heavy (non-hydrogen) atoms. The minimum Gasteiger partial charge on any atom is -0.331 e. The van der Waals surface area contributed by atoms with Gasteiger partial charge in [-0.1, -0.05) is 13.8 Å². The fourth-order valence-electron chi connectivity index (χ4n) is 1.50. The van der Waals surface area contributed by atoms with E-state index in [0.717, 1.165) is 16.6 Å². The van der Waals surface area contributed by atoms with Crippen molar-refractivity contribution >= 4 is 10.9 Å². The fraction of sp³-hybridized carbons (Fsp3) is 0.300. The average Bonchev–Trinajstić information content (AvgIpc) is 2.43. The Balaban J connectivity index is 2.75. The van der Waals surface area contributed by atoms with E-state index in [9.17, 15) is 4.39 Å². The monoisotopic (exact) mass is 178 g/mol. The molecule has 0 aliphatic rings. The van der Waals surface area contributed by atoms with Crippen LogP contribution >= 0.6 is 0 Å². The van der Waals surface area contributed by atoms with E-state index in [1.165, 1.54) is 6.07 Å². The van der Waals surface area contributed by atoms with Crippen molar-refractivity contribution in [2.24, 2.45) is 0 Å². The van der Waals surface area contributed by atoms with Crippen LogP contribution in [0.15, 0.2) is 18.3 Å². The average molecular weight is 178 g/mol. The number of fused-ring (bicyclic) bond motifs is 1. The summed E-state index contributed by atoms with van der Waals surface area (Å²) in [6.45, 7) is 4.10. The van der Waals surface area contributed by atoms with Crippen molar-refractivity contribution in [2.75, 3.05) is 0 Å². The molecule has 0 bridgehead atoms. The van der Waals surface area contributed by atoms with Crippen molar-refractivity contribution in [1.82, 2.24) is 9.97 Å². The summed E-state index contributed by atoms with van der Waals surface area (Å²) in [5, 5.41) is 0.884. The minimum atomic E-state index is -0.301. The van der Waals surface area contributed by atoms with Crippen LogP contribution in [0.4, 0.5) is 4.39 Å². The largest absolute Gasteiger partial charge is 0.331 e. The van der Waals surface area contributed by atoms with Crippen LogP contribution < -0.4 is 0 Å². The topological polar surface area (TPSA) is 28.7 Å². The van der Waals surface area contributed by atoms with Crippen LogP contribution in [0.1, 0.15) is 25.5 Å². The smallest absolute Gasteiger partial charge is 0.192 e. The summed E-state index contributed by atoms with van der Waals surface area (Å²) in [6, 6.07) is 3.28. The summed E-state index contributed by atoms with van der Waals surface area (Å²) in [5.41, 5.74) is 1.76. The Bertz CT molecular complexity index is 431. The summed E-state index contributed by atoms with van der Waals surface area (Å²) in [6.07, 6.45) is 1.70. The Morgan fingerprint density at radius 3 is 2.92 bits per heavy atom. The van der Waals surface area contributed by atoms with Gasteiger partial charge in [-0.3, -0.25) is 4.98 Å². The molecule has 1 N–H and O–H groups in total. The number of H-pyrrole nitrogens is 1. The molecule has 0 fully saturated rings. The number of nitrogens with zero attached hydrogens (tertiary/aromatic N) is 1. The van der Waals surface area contributed by atoms with Crippen molar-refractivity contribution in [3.63, 3.8) is 0 Å². The molecule has 0 unspecified atom stereocenters. The molecular weight excluding hydrogens is 167 g/mol. The van der Waals surface area contributed by atoms with Crippen LogP contribution in [0, 0.1) is 5.95 Å². The summed E-state index contributed by atoms with van der Waals surface area (Å²) >= 11 is 0. The highest BCUT2D eigenvalue weighted by molar-refractivity contribution is 5.81. The lowest BCUT2D eigenvalue weighted by atomic mass is 10.1. The summed E-state index contributed by atoms with van der Waals surface area (Å²) in [5.74, 6) is 0.0174. The standard InChI is InChI=1S/C10H11FN2/c1-6(2)10-7-5-9(11)13-8(7)3-4-12-10/h3-6,13H,1-2H3. The molecule has 0 saturated heterocycles. The number of halogens is 1. The number of hydrogen-bond donors (Lipinski definition) is 1. The van der Waals surface area contributed by atoms with Crippen molar-refractivity contribution in [1.29, 1.82) is 0 Å². The normalized spacial score (nSPS) is 11.4. The SMILES string of the molecule is CC(C)c1nccc2[nH]c(F)cc12. The van der Waals surface area contributed by atoms with Crippen LogP contribution in [0.5, 0.6) is 0 Å². The number of hydrogen-bond acceptors (Lipinski definition) is 1. The second kappa shape index (κ2) is 2.83. The summed E-state index contributed by atoms with van der Waals surface area (Å²) in [4.78, 5) is 6.88. The first kappa shape index (κ1) is 8.23. The molecule has 0 aromatic carbocycles. The predicted molar refractivity (Wildman–Crippen MR) is 50.1 cm³/mol. The van der Waals surface area contributed by atoms with Crippen LogP contribution in [0.2, 0.25) is 0 Å². The first-order valence-electron chi connectivity index (χ1n) is 4.31. The lowest BCUT2D eigenvalue weighted by Gasteiger charge is -2.04. The maximum Gasteiger partial charge on any atom is 0.192 e. The van der Waals surface area contributed by atoms with E-state index in [-0.39, 0.29) is 5.95 Å². The van der Waals surface area contributed by atoms with Crippen molar-refractivity contribution in [3.8, 4) is 0 Å². The van der Waals surface area contributed by atoms with Gasteiger partial charge in [-0.05, 0) is 12.0 Å². The molecule has 2 heterocycles. The molecule has 0 saturated carbocycles. The third-order valence-electron chi connectivity index (χ3n) is 2.09. The van der Waals surface area contributed by atoms with E-state index < -0.39 is 0 Å². The van der Waals surface area contributed by atoms with E-state index >= 15 is 0 Å². The molecule has 0 radical (unpaired) electrons. The molecule has 0 aliphatic heterocycles. The molecule has 2 aromatic heterocycles. The van der Waals surface area contributed by atoms with Gasteiger partial charge < -0.3 is 4.98 Å². The Kier molecular flexibility index (Phi) is 1.79. The van der Waals surface area contributed by atoms with Gasteiger partial charge in [0.1, 0.15) is 0 Å². The third-order valence-corrected chi connectivity index (χ3v) is 2.09. The summed E-state index contributed by atoms with van der Waals surface area (Å²) in [7, 11) is 0. The van der Waals surface area contributed by atoms with Crippen LogP contribution in [0.3, 0.4) is 0 Å². The van der Waals surface area contributed by atoms with E-state index in [2.05, 4.69) is 9.97 Å². The third kappa shape index (κ3) is 1.30. The van der Waals surface area contributed by atoms with Gasteiger partial charge in [0.05, 0.1) is 11.2 Å². The number of aromatic amines is 1. The van der Waals surface area contributed by atoms with Gasteiger partial charge in [0.25, 0.3) is 0 Å². The number of nitrogens with one attached hydrogen (secondary N) is 1. The molecule has 2 aromatic rings. The molecular formula is C10H11FN2. The van der Waals surface area contributed by atoms with E-state index in [1.807, 2.05) is 13.8 Å². The number of aromatic nitrogens is 2. The lowest BCUT2D eigenvalue weighted by molar-refractivity contribution is 0.594. The number of rotatable bonds is 1. The van der Waals surface area contributed by atoms with Crippen LogP contribution in [-0.4, -0.2) is 9.97 Å². The van der Waals surface area contributed by atoms with Gasteiger partial charge in [-0.2, -0.15) is 4.39 Å². The van der Waals surface area contributed by atoms with Gasteiger partial charge in [0.15, 0.2) is 5.95 Å². The minimum absolute atomic E-state index is 0.301. The van der Waals surface area contributed by atoms with Gasteiger partial charge in [0.2, 0.25) is 0 Å². The van der Waals surface area contributed by atoms with Crippen molar-refractivity contribution in [2.45, 2.75) is 19.8 Å². The molecule has 2 rings (SSSR count). The quantitative estimate of drug-likeness (QED) is 0.714. The molecule has 68 valence electrons. The van der Waals surface area contributed by atoms with Crippen molar-refractivity contribution < 1.29 is 4.39 Å². The summed E-state index contributed by atoms with van der Waals surface area (Å²) < 4.78 is 12.9. The zero-order valence-corrected chi connectivity index (χ0v) is 7.63. The Labute approximate surface area is 75.8 Å². The molecule has 0 aliphatic carbocycles. The van der Waals surface area contributed by atoms with Crippen molar-refractivity contribution in [3.05, 3.63) is 30.0 Å². The van der Waals surface area contributed by atoms with E-state index in [1.54, 1.807) is 12.3 Å². The van der Waals surface area contributed by atoms with Gasteiger partial charge in [0, 0.05) is 17.6 Å². The fourth-order valence-corrected chi connectivity index (χ4v) is 1.50. The zero-order valence-electron chi connectivity index (χ0n) is 7.63. The van der Waals surface area contributed by atoms with Crippen LogP contribution in [0.25, 0.3) is 10.9 Å².